The molecule has 0 aliphatic carbocycles. The maximum absolute atomic E-state index is 9.57. The number of pyridine rings is 1. The number of rotatable bonds is 1. The van der Waals surface area contributed by atoms with Gasteiger partial charge in [-0.05, 0) is 12.1 Å². The van der Waals surface area contributed by atoms with Gasteiger partial charge in [-0.2, -0.15) is 0 Å². The number of fused-ring (bicyclic) bond motifs is 1. The van der Waals surface area contributed by atoms with Crippen LogP contribution >= 0.6 is 0 Å². The minimum Gasteiger partial charge on any atom is -0.371 e. The van der Waals surface area contributed by atoms with Crippen molar-refractivity contribution in [3.63, 3.8) is 0 Å². The standard InChI is InChI=1S/C14H16N2O2/c17-14(18)6-9-16(10-7-14)13-5-8-15-12-4-2-1-3-11(12)13/h1-5,8,17-18H,6-7,9-10H2. The third-order valence-electron chi connectivity index (χ3n) is 3.53. The molecule has 0 amide bonds. The molecule has 1 aromatic heterocycles. The topological polar surface area (TPSA) is 56.6 Å². The highest BCUT2D eigenvalue weighted by atomic mass is 16.5. The van der Waals surface area contributed by atoms with E-state index in [-0.39, 0.29) is 0 Å². The van der Waals surface area contributed by atoms with Crippen molar-refractivity contribution < 1.29 is 10.2 Å². The molecule has 2 aromatic rings. The third kappa shape index (κ3) is 2.05. The van der Waals surface area contributed by atoms with Gasteiger partial charge < -0.3 is 15.1 Å². The van der Waals surface area contributed by atoms with Crippen LogP contribution in [0.1, 0.15) is 12.8 Å². The number of nitrogens with zero attached hydrogens (tertiary/aromatic N) is 2. The van der Waals surface area contributed by atoms with Gasteiger partial charge in [-0.3, -0.25) is 4.98 Å². The van der Waals surface area contributed by atoms with Crippen LogP contribution in [-0.2, 0) is 0 Å². The molecule has 4 nitrogen and oxygen atoms in total. The van der Waals surface area contributed by atoms with E-state index in [0.717, 1.165) is 16.6 Å². The van der Waals surface area contributed by atoms with Crippen molar-refractivity contribution in [3.05, 3.63) is 36.5 Å². The van der Waals surface area contributed by atoms with Crippen molar-refractivity contribution in [2.75, 3.05) is 18.0 Å². The second-order valence-corrected chi connectivity index (χ2v) is 4.82. The summed E-state index contributed by atoms with van der Waals surface area (Å²) >= 11 is 0. The lowest BCUT2D eigenvalue weighted by atomic mass is 10.0. The highest BCUT2D eigenvalue weighted by Gasteiger charge is 2.29. The molecule has 1 aromatic carbocycles. The van der Waals surface area contributed by atoms with E-state index in [9.17, 15) is 10.2 Å². The molecule has 0 bridgehead atoms. The lowest BCUT2D eigenvalue weighted by molar-refractivity contribution is -0.172. The van der Waals surface area contributed by atoms with E-state index in [1.54, 1.807) is 6.20 Å². The molecule has 94 valence electrons. The van der Waals surface area contributed by atoms with Gasteiger partial charge in [-0.25, -0.2) is 0 Å². The Hall–Kier alpha value is -1.65. The monoisotopic (exact) mass is 244 g/mol. The fourth-order valence-corrected chi connectivity index (χ4v) is 2.46. The van der Waals surface area contributed by atoms with Crippen LogP contribution < -0.4 is 4.90 Å². The molecule has 3 rings (SSSR count). The molecule has 0 radical (unpaired) electrons. The smallest absolute Gasteiger partial charge is 0.165 e. The van der Waals surface area contributed by atoms with Crippen molar-refractivity contribution in [3.8, 4) is 0 Å². The molecule has 1 saturated heterocycles. The van der Waals surface area contributed by atoms with Gasteiger partial charge in [0, 0.05) is 43.2 Å². The van der Waals surface area contributed by atoms with Crippen LogP contribution in [0.25, 0.3) is 10.9 Å². The molecule has 4 heteroatoms. The first-order valence-corrected chi connectivity index (χ1v) is 6.19. The quantitative estimate of drug-likeness (QED) is 0.747. The number of piperidine rings is 1. The van der Waals surface area contributed by atoms with Crippen molar-refractivity contribution >= 4 is 16.6 Å². The Bertz CT molecular complexity index is 553. The molecule has 0 spiro atoms. The number of hydrogen-bond donors (Lipinski definition) is 2. The Kier molecular flexibility index (Phi) is 2.69. The van der Waals surface area contributed by atoms with Crippen LogP contribution in [0.5, 0.6) is 0 Å². The first-order chi connectivity index (χ1) is 8.66. The molecule has 0 saturated carbocycles. The second-order valence-electron chi connectivity index (χ2n) is 4.82. The van der Waals surface area contributed by atoms with Gasteiger partial charge in [0.1, 0.15) is 0 Å². The molecule has 1 fully saturated rings. The minimum atomic E-state index is -1.50. The van der Waals surface area contributed by atoms with Gasteiger partial charge in [0.05, 0.1) is 5.52 Å². The van der Waals surface area contributed by atoms with E-state index in [0.29, 0.717) is 25.9 Å². The van der Waals surface area contributed by atoms with E-state index in [1.165, 1.54) is 0 Å². The van der Waals surface area contributed by atoms with Crippen molar-refractivity contribution in [2.24, 2.45) is 0 Å². The summed E-state index contributed by atoms with van der Waals surface area (Å²) < 4.78 is 0. The predicted molar refractivity (Wildman–Crippen MR) is 70.4 cm³/mol. The minimum absolute atomic E-state index is 0.379. The SMILES string of the molecule is OC1(O)CCN(c2ccnc3ccccc23)CC1. The predicted octanol–water partition coefficient (Wildman–Crippen LogP) is 1.52. The summed E-state index contributed by atoms with van der Waals surface area (Å²) in [7, 11) is 0. The average molecular weight is 244 g/mol. The Morgan fingerprint density at radius 1 is 1.06 bits per heavy atom. The van der Waals surface area contributed by atoms with Crippen LogP contribution in [0.3, 0.4) is 0 Å². The van der Waals surface area contributed by atoms with E-state index < -0.39 is 5.79 Å². The van der Waals surface area contributed by atoms with E-state index in [2.05, 4.69) is 16.0 Å². The number of benzene rings is 1. The summed E-state index contributed by atoms with van der Waals surface area (Å²) in [5.41, 5.74) is 2.09. The summed E-state index contributed by atoms with van der Waals surface area (Å²) in [5, 5.41) is 20.3. The zero-order chi connectivity index (χ0) is 12.6. The van der Waals surface area contributed by atoms with Gasteiger partial charge in [-0.1, -0.05) is 18.2 Å². The zero-order valence-electron chi connectivity index (χ0n) is 10.1. The maximum atomic E-state index is 9.57. The zero-order valence-corrected chi connectivity index (χ0v) is 10.1. The highest BCUT2D eigenvalue weighted by molar-refractivity contribution is 5.91. The maximum Gasteiger partial charge on any atom is 0.165 e. The molecule has 18 heavy (non-hydrogen) atoms. The molecule has 1 aliphatic rings. The molecule has 2 N–H and O–H groups in total. The first-order valence-electron chi connectivity index (χ1n) is 6.19. The lowest BCUT2D eigenvalue weighted by Gasteiger charge is -2.36. The number of anilines is 1. The fraction of sp³-hybridized carbons (Fsp3) is 0.357. The second kappa shape index (κ2) is 4.23. The lowest BCUT2D eigenvalue weighted by Crippen LogP contribution is -2.44. The molecule has 0 atom stereocenters. The number of aromatic nitrogens is 1. The van der Waals surface area contributed by atoms with Crippen LogP contribution in [0.2, 0.25) is 0 Å². The van der Waals surface area contributed by atoms with Gasteiger partial charge in [0.2, 0.25) is 0 Å². The number of aliphatic hydroxyl groups is 2. The largest absolute Gasteiger partial charge is 0.371 e. The number of para-hydroxylation sites is 1. The average Bonchev–Trinajstić information content (AvgIpc) is 2.38. The summed E-state index contributed by atoms with van der Waals surface area (Å²) in [4.78, 5) is 6.53. The van der Waals surface area contributed by atoms with Crippen LogP contribution in [-0.4, -0.2) is 34.1 Å². The summed E-state index contributed by atoms with van der Waals surface area (Å²) in [6, 6.07) is 10.0. The Labute approximate surface area is 105 Å². The molecule has 2 heterocycles. The van der Waals surface area contributed by atoms with Crippen molar-refractivity contribution in [2.45, 2.75) is 18.6 Å². The molecule has 0 unspecified atom stereocenters. The van der Waals surface area contributed by atoms with Crippen molar-refractivity contribution in [1.82, 2.24) is 4.98 Å². The third-order valence-corrected chi connectivity index (χ3v) is 3.53. The summed E-state index contributed by atoms with van der Waals surface area (Å²) in [6.45, 7) is 1.31. The van der Waals surface area contributed by atoms with Gasteiger partial charge in [0.15, 0.2) is 5.79 Å². The van der Waals surface area contributed by atoms with Crippen molar-refractivity contribution in [1.29, 1.82) is 0 Å². The van der Waals surface area contributed by atoms with Crippen LogP contribution in [0, 0.1) is 0 Å². The summed E-state index contributed by atoms with van der Waals surface area (Å²) in [6.07, 6.45) is 2.56. The number of hydrogen-bond acceptors (Lipinski definition) is 4. The molecular formula is C14H16N2O2. The Balaban J connectivity index is 1.96. The Morgan fingerprint density at radius 3 is 2.56 bits per heavy atom. The fourth-order valence-electron chi connectivity index (χ4n) is 2.46. The van der Waals surface area contributed by atoms with Gasteiger partial charge in [0.25, 0.3) is 0 Å². The highest BCUT2D eigenvalue weighted by Crippen LogP contribution is 2.29. The normalized spacial score (nSPS) is 19.1. The van der Waals surface area contributed by atoms with E-state index in [1.807, 2.05) is 24.3 Å². The Morgan fingerprint density at radius 2 is 1.78 bits per heavy atom. The van der Waals surface area contributed by atoms with Gasteiger partial charge >= 0.3 is 0 Å². The molecule has 1 aliphatic heterocycles. The van der Waals surface area contributed by atoms with Crippen LogP contribution in [0.4, 0.5) is 5.69 Å². The van der Waals surface area contributed by atoms with Gasteiger partial charge in [-0.15, -0.1) is 0 Å². The van der Waals surface area contributed by atoms with E-state index >= 15 is 0 Å². The van der Waals surface area contributed by atoms with Crippen LogP contribution in [0.15, 0.2) is 36.5 Å². The van der Waals surface area contributed by atoms with E-state index in [4.69, 9.17) is 0 Å². The first kappa shape index (κ1) is 11.4. The summed E-state index contributed by atoms with van der Waals surface area (Å²) in [5.74, 6) is -1.50. The molecular weight excluding hydrogens is 228 g/mol.